The van der Waals surface area contributed by atoms with Crippen LogP contribution in [0.5, 0.6) is 0 Å². The van der Waals surface area contributed by atoms with Crippen molar-refractivity contribution in [3.63, 3.8) is 0 Å². The van der Waals surface area contributed by atoms with E-state index in [1.165, 1.54) is 22.6 Å². The molecule has 5 nitrogen and oxygen atoms in total. The highest BCUT2D eigenvalue weighted by Crippen LogP contribution is 2.49. The maximum absolute atomic E-state index is 13.3. The maximum Gasteiger partial charge on any atom is 0.225 e. The van der Waals surface area contributed by atoms with Gasteiger partial charge in [-0.2, -0.15) is 0 Å². The summed E-state index contributed by atoms with van der Waals surface area (Å²) in [5.74, 6) is 1.22. The molecule has 172 valence electrons. The van der Waals surface area contributed by atoms with Crippen LogP contribution in [0, 0.1) is 11.3 Å². The molecular weight excluding hydrogens is 508 g/mol. The Labute approximate surface area is 208 Å². The smallest absolute Gasteiger partial charge is 0.225 e. The van der Waals surface area contributed by atoms with E-state index < -0.39 is 0 Å². The van der Waals surface area contributed by atoms with Crippen LogP contribution in [-0.2, 0) is 10.2 Å². The highest BCUT2D eigenvalue weighted by Gasteiger charge is 2.50. The zero-order valence-electron chi connectivity index (χ0n) is 19.2. The Balaban J connectivity index is 1.64. The van der Waals surface area contributed by atoms with E-state index in [1.54, 1.807) is 6.20 Å². The van der Waals surface area contributed by atoms with Crippen LogP contribution in [0.3, 0.4) is 0 Å². The molecule has 1 saturated heterocycles. The lowest BCUT2D eigenvalue weighted by Crippen LogP contribution is -2.42. The summed E-state index contributed by atoms with van der Waals surface area (Å²) in [5, 5.41) is 4.21. The van der Waals surface area contributed by atoms with Gasteiger partial charge in [0.1, 0.15) is 10.2 Å². The number of rotatable bonds is 4. The molecule has 2 aliphatic rings. The Hall–Kier alpha value is -1.57. The van der Waals surface area contributed by atoms with Crippen molar-refractivity contribution >= 4 is 55.6 Å². The summed E-state index contributed by atoms with van der Waals surface area (Å²) in [6.45, 7) is 12.8. The number of nitrogens with one attached hydrogen (secondary N) is 1. The van der Waals surface area contributed by atoms with Gasteiger partial charge in [-0.25, -0.2) is 4.98 Å². The Morgan fingerprint density at radius 1 is 1.38 bits per heavy atom. The minimum absolute atomic E-state index is 0.0143. The van der Waals surface area contributed by atoms with Crippen LogP contribution in [0.2, 0.25) is 4.34 Å². The van der Waals surface area contributed by atoms with E-state index >= 15 is 0 Å². The molecule has 2 atom stereocenters. The fourth-order valence-corrected chi connectivity index (χ4v) is 5.81. The molecule has 4 rings (SSSR count). The summed E-state index contributed by atoms with van der Waals surface area (Å²) in [6.07, 6.45) is 4.69. The summed E-state index contributed by atoms with van der Waals surface area (Å²) >= 11 is 11.2. The molecule has 1 amide bonds. The molecule has 0 aliphatic carbocycles. The van der Waals surface area contributed by atoms with Crippen molar-refractivity contribution in [2.45, 2.75) is 46.5 Å². The van der Waals surface area contributed by atoms with E-state index in [2.05, 4.69) is 88.0 Å². The number of hydrogen-bond acceptors (Lipinski definition) is 5. The number of likely N-dealkylation sites (tertiary alicyclic amines) is 1. The Morgan fingerprint density at radius 2 is 2.12 bits per heavy atom. The van der Waals surface area contributed by atoms with Crippen LogP contribution in [0.15, 0.2) is 40.8 Å². The average Bonchev–Trinajstić information content (AvgIpc) is 3.43. The third-order valence-electron chi connectivity index (χ3n) is 6.89. The fraction of sp³-hybridized carbons (Fsp3) is 0.500. The van der Waals surface area contributed by atoms with Crippen LogP contribution < -0.4 is 10.2 Å². The van der Waals surface area contributed by atoms with Gasteiger partial charge in [0.25, 0.3) is 0 Å². The zero-order valence-corrected chi connectivity index (χ0v) is 22.4. The summed E-state index contributed by atoms with van der Waals surface area (Å²) in [6, 6.07) is 6.47. The van der Waals surface area contributed by atoms with Crippen molar-refractivity contribution in [3.05, 3.63) is 50.7 Å². The molecule has 32 heavy (non-hydrogen) atoms. The number of fused-ring (bicyclic) bond motifs is 2. The molecule has 1 fully saturated rings. The van der Waals surface area contributed by atoms with Crippen molar-refractivity contribution in [2.24, 2.45) is 11.3 Å². The largest absolute Gasteiger partial charge is 0.341 e. The molecule has 1 spiro atoms. The quantitative estimate of drug-likeness (QED) is 0.483. The van der Waals surface area contributed by atoms with E-state index in [9.17, 15) is 4.79 Å². The number of carbonyl (C=O) groups is 1. The van der Waals surface area contributed by atoms with E-state index in [0.29, 0.717) is 4.34 Å². The minimum atomic E-state index is -0.0944. The van der Waals surface area contributed by atoms with E-state index in [0.717, 1.165) is 41.5 Å². The Bertz CT molecular complexity index is 1060. The first-order chi connectivity index (χ1) is 15.0. The number of allylic oxidation sites excluding steroid dienone is 1. The first-order valence-corrected chi connectivity index (χ1v) is 12.9. The third-order valence-corrected chi connectivity index (χ3v) is 8.42. The average molecular weight is 538 g/mol. The molecule has 3 heterocycles. The summed E-state index contributed by atoms with van der Waals surface area (Å²) in [4.78, 5) is 22.0. The topological polar surface area (TPSA) is 48.5 Å². The number of hydrogen-bond donors (Lipinski definition) is 1. The molecule has 1 N–H and O–H groups in total. The van der Waals surface area contributed by atoms with Crippen LogP contribution in [0.4, 0.5) is 10.8 Å². The SMILES string of the molecule is CC=C(Nc1ncc(Cl)s1)N1CC2(CCN(C(=O)C(C)C(C)(C)C)C2)c2cc(Br)ccc21. The standard InChI is InChI=1S/C24H30BrClN4OS/c1-6-20(28-22-27-12-19(26)32-22)30-14-24(17-11-16(25)7-8-18(17)30)9-10-29(13-24)21(31)15(2)23(3,4)5/h6-8,11-12,15H,9-10,13-14H2,1-5H3,(H,27,28). The number of anilines is 2. The second-order valence-electron chi connectivity index (χ2n) is 9.89. The molecular formula is C24H30BrClN4OS. The van der Waals surface area contributed by atoms with Gasteiger partial charge in [-0.05, 0) is 48.6 Å². The third kappa shape index (κ3) is 4.31. The lowest BCUT2D eigenvalue weighted by molar-refractivity contribution is -0.137. The number of benzene rings is 1. The van der Waals surface area contributed by atoms with Crippen LogP contribution in [0.1, 0.15) is 46.6 Å². The van der Waals surface area contributed by atoms with Gasteiger partial charge in [-0.1, -0.05) is 66.6 Å². The number of carbonyl (C=O) groups excluding carboxylic acids is 1. The highest BCUT2D eigenvalue weighted by molar-refractivity contribution is 9.10. The van der Waals surface area contributed by atoms with Crippen molar-refractivity contribution in [3.8, 4) is 0 Å². The predicted molar refractivity (Wildman–Crippen MR) is 137 cm³/mol. The highest BCUT2D eigenvalue weighted by atomic mass is 79.9. The molecule has 2 aliphatic heterocycles. The van der Waals surface area contributed by atoms with Gasteiger partial charge in [-0.3, -0.25) is 4.79 Å². The Kier molecular flexibility index (Phi) is 6.38. The van der Waals surface area contributed by atoms with Crippen molar-refractivity contribution in [1.29, 1.82) is 0 Å². The zero-order chi connectivity index (χ0) is 23.3. The van der Waals surface area contributed by atoms with Crippen molar-refractivity contribution in [2.75, 3.05) is 29.9 Å². The molecule has 0 saturated carbocycles. The summed E-state index contributed by atoms with van der Waals surface area (Å²) < 4.78 is 1.72. The lowest BCUT2D eigenvalue weighted by Gasteiger charge is -2.32. The first kappa shape index (κ1) is 23.6. The second-order valence-corrected chi connectivity index (χ2v) is 12.5. The monoisotopic (exact) mass is 536 g/mol. The molecule has 1 aromatic carbocycles. The lowest BCUT2D eigenvalue weighted by atomic mass is 9.80. The van der Waals surface area contributed by atoms with E-state index in [-0.39, 0.29) is 22.7 Å². The van der Waals surface area contributed by atoms with Crippen LogP contribution >= 0.6 is 38.9 Å². The molecule has 2 aromatic rings. The number of amides is 1. The number of thiazole rings is 1. The van der Waals surface area contributed by atoms with Gasteiger partial charge in [0, 0.05) is 41.1 Å². The van der Waals surface area contributed by atoms with Crippen molar-refractivity contribution < 1.29 is 4.79 Å². The van der Waals surface area contributed by atoms with Gasteiger partial charge in [0.05, 0.1) is 6.20 Å². The molecule has 8 heteroatoms. The second kappa shape index (κ2) is 8.65. The molecule has 1 aromatic heterocycles. The molecule has 2 unspecified atom stereocenters. The minimum Gasteiger partial charge on any atom is -0.341 e. The number of halogens is 2. The molecule has 0 bridgehead atoms. The molecule has 0 radical (unpaired) electrons. The Morgan fingerprint density at radius 3 is 2.75 bits per heavy atom. The number of aromatic nitrogens is 1. The summed E-state index contributed by atoms with van der Waals surface area (Å²) in [7, 11) is 0. The van der Waals surface area contributed by atoms with Crippen LogP contribution in [0.25, 0.3) is 0 Å². The summed E-state index contributed by atoms with van der Waals surface area (Å²) in [5.41, 5.74) is 2.33. The normalized spacial score (nSPS) is 21.9. The first-order valence-electron chi connectivity index (χ1n) is 10.9. The van der Waals surface area contributed by atoms with Gasteiger partial charge in [-0.15, -0.1) is 0 Å². The van der Waals surface area contributed by atoms with Gasteiger partial charge in [0.2, 0.25) is 5.91 Å². The van der Waals surface area contributed by atoms with Gasteiger partial charge >= 0.3 is 0 Å². The maximum atomic E-state index is 13.3. The predicted octanol–water partition coefficient (Wildman–Crippen LogP) is 6.50. The fourth-order valence-electron chi connectivity index (χ4n) is 4.63. The van der Waals surface area contributed by atoms with Crippen LogP contribution in [-0.4, -0.2) is 35.4 Å². The van der Waals surface area contributed by atoms with E-state index in [1.807, 2.05) is 6.92 Å². The van der Waals surface area contributed by atoms with Crippen molar-refractivity contribution in [1.82, 2.24) is 9.88 Å². The number of nitrogens with zero attached hydrogens (tertiary/aromatic N) is 3. The van der Waals surface area contributed by atoms with Gasteiger partial charge in [0.15, 0.2) is 5.13 Å². The van der Waals surface area contributed by atoms with E-state index in [4.69, 9.17) is 11.6 Å². The van der Waals surface area contributed by atoms with Gasteiger partial charge < -0.3 is 15.1 Å².